The van der Waals surface area contributed by atoms with Gasteiger partial charge in [-0.15, -0.1) is 0 Å². The summed E-state index contributed by atoms with van der Waals surface area (Å²) in [6.45, 7) is 2.00. The van der Waals surface area contributed by atoms with Crippen LogP contribution in [-0.2, 0) is 4.79 Å². The maximum absolute atomic E-state index is 11.7. The lowest BCUT2D eigenvalue weighted by Crippen LogP contribution is -2.40. The lowest BCUT2D eigenvalue weighted by Gasteiger charge is -2.36. The topological polar surface area (TPSA) is 55.1 Å². The van der Waals surface area contributed by atoms with Crippen LogP contribution < -0.4 is 11.1 Å². The molecular weight excluding hydrogens is 188 g/mol. The van der Waals surface area contributed by atoms with E-state index in [4.69, 9.17) is 5.73 Å². The Morgan fingerprint density at radius 1 is 1.27 bits per heavy atom. The van der Waals surface area contributed by atoms with E-state index in [1.807, 2.05) is 0 Å². The molecule has 2 fully saturated rings. The quantitative estimate of drug-likeness (QED) is 0.740. The predicted octanol–water partition coefficient (Wildman–Crippen LogP) is 1.42. The fourth-order valence-corrected chi connectivity index (χ4v) is 2.93. The third kappa shape index (κ3) is 2.33. The molecule has 0 radical (unpaired) electrons. The number of amides is 1. The molecule has 3 heteroatoms. The van der Waals surface area contributed by atoms with Crippen LogP contribution in [0.15, 0.2) is 0 Å². The molecular formula is C12H22N2O. The molecule has 1 saturated carbocycles. The van der Waals surface area contributed by atoms with E-state index in [0.29, 0.717) is 0 Å². The van der Waals surface area contributed by atoms with Gasteiger partial charge in [-0.05, 0) is 44.7 Å². The molecule has 0 bridgehead atoms. The first kappa shape index (κ1) is 10.9. The van der Waals surface area contributed by atoms with Crippen LogP contribution in [0.25, 0.3) is 0 Å². The van der Waals surface area contributed by atoms with Gasteiger partial charge in [0, 0.05) is 0 Å². The van der Waals surface area contributed by atoms with Gasteiger partial charge >= 0.3 is 0 Å². The molecule has 3 nitrogen and oxygen atoms in total. The Balaban J connectivity index is 2.02. The van der Waals surface area contributed by atoms with E-state index in [0.717, 1.165) is 44.7 Å². The van der Waals surface area contributed by atoms with Crippen LogP contribution in [0.2, 0.25) is 0 Å². The van der Waals surface area contributed by atoms with Crippen molar-refractivity contribution in [2.75, 3.05) is 13.1 Å². The molecule has 1 heterocycles. The summed E-state index contributed by atoms with van der Waals surface area (Å²) in [5.74, 6) is 0.716. The standard InChI is InChI=1S/C12H22N2O/c13-11(15)12(9-10-3-1-4-10)5-2-7-14-8-6-12/h10,14H,1-9H2,(H2,13,15). The molecule has 1 unspecified atom stereocenters. The zero-order chi connectivity index (χ0) is 10.7. The molecule has 3 N–H and O–H groups in total. The van der Waals surface area contributed by atoms with Crippen LogP contribution in [0.4, 0.5) is 0 Å². The Morgan fingerprint density at radius 2 is 2.07 bits per heavy atom. The minimum atomic E-state index is -0.186. The third-order valence-corrected chi connectivity index (χ3v) is 4.22. The molecule has 1 aliphatic heterocycles. The first-order chi connectivity index (χ1) is 7.23. The first-order valence-corrected chi connectivity index (χ1v) is 6.24. The lowest BCUT2D eigenvalue weighted by atomic mass is 9.68. The number of nitrogens with two attached hydrogens (primary N) is 1. The number of hydrogen-bond donors (Lipinski definition) is 2. The van der Waals surface area contributed by atoms with Crippen LogP contribution in [-0.4, -0.2) is 19.0 Å². The minimum absolute atomic E-state index is 0.0573. The molecule has 86 valence electrons. The van der Waals surface area contributed by atoms with Crippen LogP contribution in [0.1, 0.15) is 44.9 Å². The van der Waals surface area contributed by atoms with E-state index in [2.05, 4.69) is 5.32 Å². The zero-order valence-corrected chi connectivity index (χ0v) is 9.43. The second-order valence-corrected chi connectivity index (χ2v) is 5.25. The lowest BCUT2D eigenvalue weighted by molar-refractivity contribution is -0.130. The SMILES string of the molecule is NC(=O)C1(CC2CCC2)CCCNCC1. The van der Waals surface area contributed by atoms with Gasteiger partial charge in [-0.1, -0.05) is 19.3 Å². The summed E-state index contributed by atoms with van der Waals surface area (Å²) in [4.78, 5) is 11.7. The first-order valence-electron chi connectivity index (χ1n) is 6.24. The van der Waals surface area contributed by atoms with E-state index in [1.165, 1.54) is 19.3 Å². The largest absolute Gasteiger partial charge is 0.369 e. The van der Waals surface area contributed by atoms with Crippen molar-refractivity contribution in [3.63, 3.8) is 0 Å². The Morgan fingerprint density at radius 3 is 2.67 bits per heavy atom. The molecule has 2 rings (SSSR count). The van der Waals surface area contributed by atoms with E-state index in [9.17, 15) is 4.79 Å². The molecule has 0 spiro atoms. The molecule has 1 saturated heterocycles. The fourth-order valence-electron chi connectivity index (χ4n) is 2.93. The molecule has 15 heavy (non-hydrogen) atoms. The normalized spacial score (nSPS) is 33.1. The molecule has 1 aliphatic carbocycles. The van der Waals surface area contributed by atoms with Crippen molar-refractivity contribution < 1.29 is 4.79 Å². The van der Waals surface area contributed by atoms with Crippen LogP contribution in [0.3, 0.4) is 0 Å². The Bertz CT molecular complexity index is 228. The van der Waals surface area contributed by atoms with Gasteiger partial charge in [-0.2, -0.15) is 0 Å². The van der Waals surface area contributed by atoms with Gasteiger partial charge in [0.1, 0.15) is 0 Å². The smallest absolute Gasteiger partial charge is 0.223 e. The predicted molar refractivity (Wildman–Crippen MR) is 60.3 cm³/mol. The Kier molecular flexibility index (Phi) is 3.29. The second-order valence-electron chi connectivity index (χ2n) is 5.25. The van der Waals surface area contributed by atoms with Crippen LogP contribution in [0, 0.1) is 11.3 Å². The minimum Gasteiger partial charge on any atom is -0.369 e. The van der Waals surface area contributed by atoms with Crippen molar-refractivity contribution in [1.29, 1.82) is 0 Å². The molecule has 0 aromatic rings. The number of hydrogen-bond acceptors (Lipinski definition) is 2. The maximum atomic E-state index is 11.7. The van der Waals surface area contributed by atoms with Gasteiger partial charge in [-0.25, -0.2) is 0 Å². The molecule has 0 aromatic carbocycles. The van der Waals surface area contributed by atoms with Gasteiger partial charge in [-0.3, -0.25) is 4.79 Å². The van der Waals surface area contributed by atoms with E-state index < -0.39 is 0 Å². The number of carbonyl (C=O) groups excluding carboxylic acids is 1. The van der Waals surface area contributed by atoms with Crippen molar-refractivity contribution in [1.82, 2.24) is 5.32 Å². The Labute approximate surface area is 91.8 Å². The molecule has 0 aromatic heterocycles. The second kappa shape index (κ2) is 4.52. The highest BCUT2D eigenvalue weighted by molar-refractivity contribution is 5.80. The van der Waals surface area contributed by atoms with Crippen LogP contribution >= 0.6 is 0 Å². The summed E-state index contributed by atoms with van der Waals surface area (Å²) < 4.78 is 0. The van der Waals surface area contributed by atoms with Gasteiger partial charge in [0.25, 0.3) is 0 Å². The summed E-state index contributed by atoms with van der Waals surface area (Å²) in [6, 6.07) is 0. The number of carbonyl (C=O) groups is 1. The summed E-state index contributed by atoms with van der Waals surface area (Å²) in [6.07, 6.45) is 8.03. The highest BCUT2D eigenvalue weighted by Crippen LogP contribution is 2.42. The molecule has 1 amide bonds. The average Bonchev–Trinajstić information content (AvgIpc) is 2.37. The highest BCUT2D eigenvalue weighted by Gasteiger charge is 2.39. The number of nitrogens with one attached hydrogen (secondary N) is 1. The summed E-state index contributed by atoms with van der Waals surface area (Å²) >= 11 is 0. The van der Waals surface area contributed by atoms with E-state index in [1.54, 1.807) is 0 Å². The van der Waals surface area contributed by atoms with Crippen molar-refractivity contribution >= 4 is 5.91 Å². The summed E-state index contributed by atoms with van der Waals surface area (Å²) in [5.41, 5.74) is 5.45. The number of rotatable bonds is 3. The van der Waals surface area contributed by atoms with Crippen molar-refractivity contribution in [3.8, 4) is 0 Å². The van der Waals surface area contributed by atoms with Crippen molar-refractivity contribution in [3.05, 3.63) is 0 Å². The van der Waals surface area contributed by atoms with Crippen molar-refractivity contribution in [2.45, 2.75) is 44.9 Å². The average molecular weight is 210 g/mol. The van der Waals surface area contributed by atoms with Gasteiger partial charge in [0.15, 0.2) is 0 Å². The number of primary amides is 1. The Hall–Kier alpha value is -0.570. The highest BCUT2D eigenvalue weighted by atomic mass is 16.1. The third-order valence-electron chi connectivity index (χ3n) is 4.22. The molecule has 2 aliphatic rings. The molecule has 1 atom stereocenters. The summed E-state index contributed by atoms with van der Waals surface area (Å²) in [7, 11) is 0. The summed E-state index contributed by atoms with van der Waals surface area (Å²) in [5, 5.41) is 3.36. The van der Waals surface area contributed by atoms with Gasteiger partial charge in [0.2, 0.25) is 5.91 Å². The monoisotopic (exact) mass is 210 g/mol. The van der Waals surface area contributed by atoms with E-state index in [-0.39, 0.29) is 11.3 Å². The fraction of sp³-hybridized carbons (Fsp3) is 0.917. The van der Waals surface area contributed by atoms with Crippen LogP contribution in [0.5, 0.6) is 0 Å². The van der Waals surface area contributed by atoms with Gasteiger partial charge in [0.05, 0.1) is 5.41 Å². The zero-order valence-electron chi connectivity index (χ0n) is 9.43. The van der Waals surface area contributed by atoms with E-state index >= 15 is 0 Å². The van der Waals surface area contributed by atoms with Gasteiger partial charge < -0.3 is 11.1 Å². The maximum Gasteiger partial charge on any atom is 0.223 e. The van der Waals surface area contributed by atoms with Crippen molar-refractivity contribution in [2.24, 2.45) is 17.1 Å².